The lowest BCUT2D eigenvalue weighted by molar-refractivity contribution is 0.391. The van der Waals surface area contributed by atoms with Crippen molar-refractivity contribution in [2.75, 3.05) is 14.2 Å². The fourth-order valence-corrected chi connectivity index (χ4v) is 2.33. The zero-order valence-corrected chi connectivity index (χ0v) is 12.0. The second kappa shape index (κ2) is 5.79. The first-order chi connectivity index (χ1) is 10.3. The van der Waals surface area contributed by atoms with Crippen LogP contribution in [0.1, 0.15) is 11.3 Å². The van der Waals surface area contributed by atoms with E-state index < -0.39 is 0 Å². The minimum atomic E-state index is 0.555. The molecule has 0 saturated heterocycles. The van der Waals surface area contributed by atoms with Gasteiger partial charge in [0.1, 0.15) is 11.4 Å². The second-order valence-electron chi connectivity index (χ2n) is 4.66. The van der Waals surface area contributed by atoms with Gasteiger partial charge in [-0.2, -0.15) is 0 Å². The Morgan fingerprint density at radius 2 is 1.48 bits per heavy atom. The van der Waals surface area contributed by atoms with Crippen molar-refractivity contribution >= 4 is 11.0 Å². The van der Waals surface area contributed by atoms with Gasteiger partial charge in [-0.1, -0.05) is 30.3 Å². The summed E-state index contributed by atoms with van der Waals surface area (Å²) in [6.07, 6.45) is 0.616. The number of benzene rings is 2. The summed E-state index contributed by atoms with van der Waals surface area (Å²) in [4.78, 5) is 9.19. The van der Waals surface area contributed by atoms with E-state index in [1.165, 1.54) is 0 Å². The molecule has 0 aliphatic rings. The molecule has 4 nitrogen and oxygen atoms in total. The van der Waals surface area contributed by atoms with Crippen molar-refractivity contribution in [1.29, 1.82) is 0 Å². The third kappa shape index (κ3) is 2.65. The first-order valence-electron chi connectivity index (χ1n) is 6.73. The quantitative estimate of drug-likeness (QED) is 0.736. The third-order valence-electron chi connectivity index (χ3n) is 3.35. The maximum absolute atomic E-state index is 5.39. The number of aromatic nitrogens is 2. The molecule has 1 aromatic heterocycles. The van der Waals surface area contributed by atoms with E-state index >= 15 is 0 Å². The van der Waals surface area contributed by atoms with E-state index in [0.29, 0.717) is 12.3 Å². The van der Waals surface area contributed by atoms with Gasteiger partial charge in [-0.15, -0.1) is 0 Å². The molecule has 4 heteroatoms. The van der Waals surface area contributed by atoms with Gasteiger partial charge in [0.05, 0.1) is 25.3 Å². The molecule has 0 aliphatic carbocycles. The molecule has 2 aromatic carbocycles. The SMILES string of the molecule is COc1ccccc1Cc1nc2ccccc2nc1OC. The molecule has 0 spiro atoms. The third-order valence-corrected chi connectivity index (χ3v) is 3.35. The highest BCUT2D eigenvalue weighted by Crippen LogP contribution is 2.25. The molecule has 3 aromatic rings. The Bertz CT molecular complexity index is 772. The van der Waals surface area contributed by atoms with E-state index in [2.05, 4.69) is 9.97 Å². The first kappa shape index (κ1) is 13.4. The minimum absolute atomic E-state index is 0.555. The average molecular weight is 280 g/mol. The number of rotatable bonds is 4. The smallest absolute Gasteiger partial charge is 0.236 e. The van der Waals surface area contributed by atoms with Crippen LogP contribution in [0.25, 0.3) is 11.0 Å². The summed E-state index contributed by atoms with van der Waals surface area (Å²) in [6.45, 7) is 0. The van der Waals surface area contributed by atoms with E-state index in [4.69, 9.17) is 9.47 Å². The summed E-state index contributed by atoms with van der Waals surface area (Å²) >= 11 is 0. The number of methoxy groups -OCH3 is 2. The lowest BCUT2D eigenvalue weighted by Gasteiger charge is -2.11. The molecule has 0 saturated carbocycles. The first-order valence-corrected chi connectivity index (χ1v) is 6.73. The molecule has 106 valence electrons. The molecule has 0 aliphatic heterocycles. The Balaban J connectivity index is 2.06. The Hall–Kier alpha value is -2.62. The largest absolute Gasteiger partial charge is 0.496 e. The normalized spacial score (nSPS) is 10.6. The summed E-state index contributed by atoms with van der Waals surface area (Å²) < 4.78 is 10.8. The molecular weight excluding hydrogens is 264 g/mol. The Labute approximate surface area is 123 Å². The highest BCUT2D eigenvalue weighted by atomic mass is 16.5. The zero-order valence-electron chi connectivity index (χ0n) is 12.0. The molecule has 0 amide bonds. The molecule has 0 atom stereocenters. The van der Waals surface area contributed by atoms with Crippen molar-refractivity contribution in [2.24, 2.45) is 0 Å². The van der Waals surface area contributed by atoms with Gasteiger partial charge in [-0.3, -0.25) is 0 Å². The lowest BCUT2D eigenvalue weighted by Crippen LogP contribution is -2.02. The monoisotopic (exact) mass is 280 g/mol. The summed E-state index contributed by atoms with van der Waals surface area (Å²) in [5.74, 6) is 1.40. The van der Waals surface area contributed by atoms with Crippen LogP contribution >= 0.6 is 0 Å². The number of hydrogen-bond acceptors (Lipinski definition) is 4. The number of hydrogen-bond donors (Lipinski definition) is 0. The molecule has 0 fully saturated rings. The van der Waals surface area contributed by atoms with E-state index in [9.17, 15) is 0 Å². The van der Waals surface area contributed by atoms with Crippen LogP contribution in [-0.4, -0.2) is 24.2 Å². The van der Waals surface area contributed by atoms with Crippen molar-refractivity contribution in [1.82, 2.24) is 9.97 Å². The Morgan fingerprint density at radius 3 is 2.19 bits per heavy atom. The summed E-state index contributed by atoms with van der Waals surface area (Å²) in [5.41, 5.74) is 3.56. The summed E-state index contributed by atoms with van der Waals surface area (Å²) in [7, 11) is 3.28. The molecule has 3 rings (SSSR count). The van der Waals surface area contributed by atoms with Gasteiger partial charge in [0.15, 0.2) is 0 Å². The van der Waals surface area contributed by atoms with Crippen LogP contribution in [0.4, 0.5) is 0 Å². The topological polar surface area (TPSA) is 44.2 Å². The van der Waals surface area contributed by atoms with Crippen molar-refractivity contribution < 1.29 is 9.47 Å². The summed E-state index contributed by atoms with van der Waals surface area (Å²) in [6, 6.07) is 15.7. The molecule has 0 unspecified atom stereocenters. The fraction of sp³-hybridized carbons (Fsp3) is 0.176. The van der Waals surface area contributed by atoms with Crippen molar-refractivity contribution in [3.63, 3.8) is 0 Å². The van der Waals surface area contributed by atoms with Gasteiger partial charge in [0.2, 0.25) is 5.88 Å². The Morgan fingerprint density at radius 1 is 0.810 bits per heavy atom. The van der Waals surface area contributed by atoms with Gasteiger partial charge in [0, 0.05) is 12.0 Å². The molecule has 0 N–H and O–H groups in total. The highest BCUT2D eigenvalue weighted by Gasteiger charge is 2.12. The van der Waals surface area contributed by atoms with Gasteiger partial charge in [0.25, 0.3) is 0 Å². The van der Waals surface area contributed by atoms with E-state index in [1.807, 2.05) is 48.5 Å². The van der Waals surface area contributed by atoms with E-state index in [0.717, 1.165) is 28.0 Å². The van der Waals surface area contributed by atoms with Crippen LogP contribution in [0.15, 0.2) is 48.5 Å². The molecular formula is C17H16N2O2. The number of fused-ring (bicyclic) bond motifs is 1. The van der Waals surface area contributed by atoms with Crippen molar-refractivity contribution in [3.8, 4) is 11.6 Å². The van der Waals surface area contributed by atoms with Crippen LogP contribution < -0.4 is 9.47 Å². The maximum Gasteiger partial charge on any atom is 0.236 e. The summed E-state index contributed by atoms with van der Waals surface area (Å²) in [5, 5.41) is 0. The van der Waals surface area contributed by atoms with Crippen LogP contribution in [0.5, 0.6) is 11.6 Å². The predicted octanol–water partition coefficient (Wildman–Crippen LogP) is 3.24. The number of ether oxygens (including phenoxy) is 2. The molecule has 0 bridgehead atoms. The predicted molar refractivity (Wildman–Crippen MR) is 81.9 cm³/mol. The number of nitrogens with zero attached hydrogens (tertiary/aromatic N) is 2. The Kier molecular flexibility index (Phi) is 3.69. The molecule has 21 heavy (non-hydrogen) atoms. The average Bonchev–Trinajstić information content (AvgIpc) is 2.54. The standard InChI is InChI=1S/C17H16N2O2/c1-20-16-10-6-3-7-12(16)11-15-17(21-2)19-14-9-5-4-8-13(14)18-15/h3-10H,11H2,1-2H3. The van der Waals surface area contributed by atoms with Crippen molar-refractivity contribution in [2.45, 2.75) is 6.42 Å². The van der Waals surface area contributed by atoms with Crippen LogP contribution in [-0.2, 0) is 6.42 Å². The van der Waals surface area contributed by atoms with Crippen molar-refractivity contribution in [3.05, 3.63) is 59.8 Å². The van der Waals surface area contributed by atoms with Crippen LogP contribution in [0, 0.1) is 0 Å². The van der Waals surface area contributed by atoms with Crippen LogP contribution in [0.2, 0.25) is 0 Å². The van der Waals surface area contributed by atoms with Gasteiger partial charge in [-0.25, -0.2) is 9.97 Å². The second-order valence-corrected chi connectivity index (χ2v) is 4.66. The van der Waals surface area contributed by atoms with Gasteiger partial charge >= 0.3 is 0 Å². The van der Waals surface area contributed by atoms with Crippen LogP contribution in [0.3, 0.4) is 0 Å². The van der Waals surface area contributed by atoms with E-state index in [-0.39, 0.29) is 0 Å². The zero-order chi connectivity index (χ0) is 14.7. The minimum Gasteiger partial charge on any atom is -0.496 e. The van der Waals surface area contributed by atoms with E-state index in [1.54, 1.807) is 14.2 Å². The van der Waals surface area contributed by atoms with Gasteiger partial charge in [-0.05, 0) is 18.2 Å². The lowest BCUT2D eigenvalue weighted by atomic mass is 10.1. The molecule has 1 heterocycles. The fourth-order valence-electron chi connectivity index (χ4n) is 2.33. The number of para-hydroxylation sites is 3. The maximum atomic E-state index is 5.39. The molecule has 0 radical (unpaired) electrons. The highest BCUT2D eigenvalue weighted by molar-refractivity contribution is 5.74. The van der Waals surface area contributed by atoms with Gasteiger partial charge < -0.3 is 9.47 Å².